The minimum Gasteiger partial charge on any atom is -0.383 e. The molecular weight excluding hydrogens is 294 g/mol. The molecule has 0 aliphatic heterocycles. The predicted octanol–water partition coefficient (Wildman–Crippen LogP) is 3.34. The van der Waals surface area contributed by atoms with Crippen LogP contribution in [0, 0.1) is 6.92 Å². The molecule has 0 spiro atoms. The number of methoxy groups -OCH3 is 1. The first-order valence-corrected chi connectivity index (χ1v) is 6.53. The van der Waals surface area contributed by atoms with Crippen LogP contribution in [-0.2, 0) is 11.3 Å². The summed E-state index contributed by atoms with van der Waals surface area (Å²) in [4.78, 5) is 4.30. The number of aromatic nitrogens is 2. The fourth-order valence-electron chi connectivity index (χ4n) is 1.60. The summed E-state index contributed by atoms with van der Waals surface area (Å²) in [6, 6.07) is 6.15. The Hall–Kier alpha value is -1.33. The molecule has 0 saturated heterocycles. The minimum atomic E-state index is 0.669. The highest BCUT2D eigenvalue weighted by Crippen LogP contribution is 2.22. The topological polar surface area (TPSA) is 39.1 Å². The average molecular weight is 310 g/mol. The van der Waals surface area contributed by atoms with Gasteiger partial charge in [-0.25, -0.2) is 4.98 Å². The molecule has 0 radical (unpaired) electrons. The molecular formula is C13H16BrN3O. The van der Waals surface area contributed by atoms with Gasteiger partial charge in [-0.1, -0.05) is 22.0 Å². The third-order valence-corrected chi connectivity index (χ3v) is 3.53. The third-order valence-electron chi connectivity index (χ3n) is 2.68. The molecule has 4 nitrogen and oxygen atoms in total. The normalized spacial score (nSPS) is 10.6. The first-order chi connectivity index (χ1) is 8.70. The quantitative estimate of drug-likeness (QED) is 0.920. The Kier molecular flexibility index (Phi) is 4.38. The van der Waals surface area contributed by atoms with Gasteiger partial charge in [0.2, 0.25) is 5.95 Å². The molecule has 18 heavy (non-hydrogen) atoms. The monoisotopic (exact) mass is 309 g/mol. The fourth-order valence-corrected chi connectivity index (χ4v) is 1.98. The molecule has 96 valence electrons. The summed E-state index contributed by atoms with van der Waals surface area (Å²) in [5.74, 6) is 0.822. The molecule has 0 aliphatic rings. The maximum absolute atomic E-state index is 5.07. The molecule has 1 aromatic heterocycles. The Morgan fingerprint density at radius 3 is 3.00 bits per heavy atom. The molecule has 2 rings (SSSR count). The van der Waals surface area contributed by atoms with E-state index in [1.807, 2.05) is 22.9 Å². The highest BCUT2D eigenvalue weighted by molar-refractivity contribution is 9.10. The maximum atomic E-state index is 5.07. The summed E-state index contributed by atoms with van der Waals surface area (Å²) in [5, 5.41) is 3.30. The van der Waals surface area contributed by atoms with Crippen LogP contribution in [-0.4, -0.2) is 23.3 Å². The lowest BCUT2D eigenvalue weighted by Gasteiger charge is -2.10. The van der Waals surface area contributed by atoms with Gasteiger partial charge in [0.15, 0.2) is 0 Å². The zero-order chi connectivity index (χ0) is 13.0. The summed E-state index contributed by atoms with van der Waals surface area (Å²) in [7, 11) is 1.70. The van der Waals surface area contributed by atoms with Crippen molar-refractivity contribution in [3.63, 3.8) is 0 Å². The largest absolute Gasteiger partial charge is 0.383 e. The van der Waals surface area contributed by atoms with Gasteiger partial charge in [0.1, 0.15) is 0 Å². The number of hydrogen-bond donors (Lipinski definition) is 1. The Morgan fingerprint density at radius 2 is 2.28 bits per heavy atom. The van der Waals surface area contributed by atoms with Crippen molar-refractivity contribution in [3.05, 3.63) is 40.6 Å². The van der Waals surface area contributed by atoms with Crippen LogP contribution in [0.5, 0.6) is 0 Å². The first kappa shape index (κ1) is 13.1. The second kappa shape index (κ2) is 6.02. The van der Waals surface area contributed by atoms with Gasteiger partial charge in [0.25, 0.3) is 0 Å². The van der Waals surface area contributed by atoms with Crippen LogP contribution in [0.3, 0.4) is 0 Å². The van der Waals surface area contributed by atoms with Gasteiger partial charge in [0, 0.05) is 36.2 Å². The highest BCUT2D eigenvalue weighted by Gasteiger charge is 2.04. The predicted molar refractivity (Wildman–Crippen MR) is 76.3 cm³/mol. The van der Waals surface area contributed by atoms with Crippen molar-refractivity contribution in [2.24, 2.45) is 0 Å². The van der Waals surface area contributed by atoms with Gasteiger partial charge in [-0.3, -0.25) is 0 Å². The molecule has 0 saturated carbocycles. The number of benzene rings is 1. The zero-order valence-corrected chi connectivity index (χ0v) is 12.1. The summed E-state index contributed by atoms with van der Waals surface area (Å²) in [6.07, 6.45) is 3.71. The Balaban J connectivity index is 2.13. The van der Waals surface area contributed by atoms with Gasteiger partial charge >= 0.3 is 0 Å². The molecule has 1 N–H and O–H groups in total. The van der Waals surface area contributed by atoms with Crippen LogP contribution < -0.4 is 5.32 Å². The van der Waals surface area contributed by atoms with Crippen molar-refractivity contribution in [1.29, 1.82) is 0 Å². The number of rotatable bonds is 5. The molecule has 5 heteroatoms. The Bertz CT molecular complexity index is 525. The van der Waals surface area contributed by atoms with Crippen molar-refractivity contribution in [1.82, 2.24) is 9.55 Å². The van der Waals surface area contributed by atoms with Gasteiger partial charge < -0.3 is 14.6 Å². The summed E-state index contributed by atoms with van der Waals surface area (Å²) in [5.41, 5.74) is 2.22. The number of halogens is 1. The number of nitrogens with zero attached hydrogens (tertiary/aromatic N) is 2. The van der Waals surface area contributed by atoms with Gasteiger partial charge in [0.05, 0.1) is 6.61 Å². The van der Waals surface area contributed by atoms with E-state index in [4.69, 9.17) is 4.74 Å². The molecule has 0 amide bonds. The molecule has 1 heterocycles. The highest BCUT2D eigenvalue weighted by atomic mass is 79.9. The van der Waals surface area contributed by atoms with E-state index in [0.717, 1.165) is 22.7 Å². The second-order valence-electron chi connectivity index (χ2n) is 4.03. The fraction of sp³-hybridized carbons (Fsp3) is 0.308. The van der Waals surface area contributed by atoms with E-state index in [9.17, 15) is 0 Å². The molecule has 0 bridgehead atoms. The molecule has 0 fully saturated rings. The molecule has 1 aromatic carbocycles. The van der Waals surface area contributed by atoms with Crippen molar-refractivity contribution >= 4 is 27.6 Å². The van der Waals surface area contributed by atoms with Crippen LogP contribution in [0.2, 0.25) is 0 Å². The van der Waals surface area contributed by atoms with Crippen LogP contribution in [0.4, 0.5) is 11.6 Å². The van der Waals surface area contributed by atoms with Crippen molar-refractivity contribution in [3.8, 4) is 0 Å². The van der Waals surface area contributed by atoms with Gasteiger partial charge in [-0.05, 0) is 24.6 Å². The van der Waals surface area contributed by atoms with Crippen molar-refractivity contribution in [2.45, 2.75) is 13.5 Å². The summed E-state index contributed by atoms with van der Waals surface area (Å²) < 4.78 is 8.18. The second-order valence-corrected chi connectivity index (χ2v) is 4.88. The van der Waals surface area contributed by atoms with Crippen LogP contribution in [0.15, 0.2) is 35.1 Å². The lowest BCUT2D eigenvalue weighted by atomic mass is 10.2. The summed E-state index contributed by atoms with van der Waals surface area (Å²) in [6.45, 7) is 3.52. The van der Waals surface area contributed by atoms with E-state index >= 15 is 0 Å². The van der Waals surface area contributed by atoms with Crippen molar-refractivity contribution < 1.29 is 4.74 Å². The smallest absolute Gasteiger partial charge is 0.207 e. The molecule has 0 aliphatic carbocycles. The van der Waals surface area contributed by atoms with Crippen LogP contribution in [0.1, 0.15) is 5.56 Å². The number of ether oxygens (including phenoxy) is 1. The number of imidazole rings is 1. The molecule has 2 aromatic rings. The molecule has 0 unspecified atom stereocenters. The van der Waals surface area contributed by atoms with E-state index in [1.165, 1.54) is 5.56 Å². The van der Waals surface area contributed by atoms with Gasteiger partial charge in [-0.15, -0.1) is 0 Å². The van der Waals surface area contributed by atoms with E-state index in [0.29, 0.717) is 6.61 Å². The third kappa shape index (κ3) is 3.11. The van der Waals surface area contributed by atoms with Gasteiger partial charge in [-0.2, -0.15) is 0 Å². The van der Waals surface area contributed by atoms with E-state index < -0.39 is 0 Å². The number of anilines is 2. The van der Waals surface area contributed by atoms with Crippen LogP contribution >= 0.6 is 15.9 Å². The van der Waals surface area contributed by atoms with E-state index in [2.05, 4.69) is 39.2 Å². The lowest BCUT2D eigenvalue weighted by molar-refractivity contribution is 0.188. The standard InChI is InChI=1S/C13H16BrN3O/c1-10-3-4-11(9-12(10)14)16-13-15-5-6-17(13)7-8-18-2/h3-6,9H,7-8H2,1-2H3,(H,15,16). The minimum absolute atomic E-state index is 0.669. The summed E-state index contributed by atoms with van der Waals surface area (Å²) >= 11 is 3.52. The lowest BCUT2D eigenvalue weighted by Crippen LogP contribution is -2.07. The average Bonchev–Trinajstić information content (AvgIpc) is 2.79. The number of hydrogen-bond acceptors (Lipinski definition) is 3. The number of nitrogens with one attached hydrogen (secondary N) is 1. The van der Waals surface area contributed by atoms with E-state index in [1.54, 1.807) is 13.3 Å². The zero-order valence-electron chi connectivity index (χ0n) is 10.5. The SMILES string of the molecule is COCCn1ccnc1Nc1ccc(C)c(Br)c1. The Morgan fingerprint density at radius 1 is 1.44 bits per heavy atom. The molecule has 0 atom stereocenters. The number of aryl methyl sites for hydroxylation is 1. The maximum Gasteiger partial charge on any atom is 0.207 e. The Labute approximate surface area is 115 Å². The van der Waals surface area contributed by atoms with E-state index in [-0.39, 0.29) is 0 Å². The first-order valence-electron chi connectivity index (χ1n) is 5.74. The van der Waals surface area contributed by atoms with Crippen LogP contribution in [0.25, 0.3) is 0 Å². The van der Waals surface area contributed by atoms with Crippen molar-refractivity contribution in [2.75, 3.05) is 19.0 Å².